The first kappa shape index (κ1) is 15.7. The van der Waals surface area contributed by atoms with Crippen molar-refractivity contribution in [2.45, 2.75) is 54.9 Å². The molecule has 1 aromatic rings. The zero-order valence-corrected chi connectivity index (χ0v) is 13.5. The lowest BCUT2D eigenvalue weighted by atomic mass is 9.92. The van der Waals surface area contributed by atoms with Crippen LogP contribution >= 0.6 is 0 Å². The molecule has 0 fully saturated rings. The molecule has 0 amide bonds. The van der Waals surface area contributed by atoms with E-state index in [1.165, 1.54) is 22.3 Å². The number of hydrogen-bond acceptors (Lipinski definition) is 1. The van der Waals surface area contributed by atoms with Gasteiger partial charge in [-0.2, -0.15) is 0 Å². The van der Waals surface area contributed by atoms with Crippen molar-refractivity contribution in [3.63, 3.8) is 0 Å². The molecule has 0 aliphatic heterocycles. The van der Waals surface area contributed by atoms with E-state index in [1.54, 1.807) is 0 Å². The summed E-state index contributed by atoms with van der Waals surface area (Å²) in [6.07, 6.45) is 5.27. The number of rotatable bonds is 3. The Morgan fingerprint density at radius 1 is 1.11 bits per heavy atom. The fourth-order valence-electron chi connectivity index (χ4n) is 2.07. The minimum Gasteiger partial charge on any atom is -0.261 e. The topological polar surface area (TPSA) is 12.4 Å². The molecular weight excluding hydrogens is 230 g/mol. The number of allylic oxidation sites excluding steroid dienone is 2. The minimum absolute atomic E-state index is 0.326. The van der Waals surface area contributed by atoms with Crippen molar-refractivity contribution >= 4 is 6.21 Å². The molecule has 0 radical (unpaired) electrons. The molecule has 0 N–H and O–H groups in total. The summed E-state index contributed by atoms with van der Waals surface area (Å²) in [6.45, 7) is 15.2. The molecule has 104 valence electrons. The highest BCUT2D eigenvalue weighted by molar-refractivity contribution is 5.84. The number of hydrogen-bond donors (Lipinski definition) is 0. The Labute approximate surface area is 118 Å². The molecule has 1 rings (SSSR count). The summed E-state index contributed by atoms with van der Waals surface area (Å²) in [7, 11) is 0. The lowest BCUT2D eigenvalue weighted by Crippen LogP contribution is -2.02. The minimum atomic E-state index is 0.326. The molecule has 1 heteroatoms. The van der Waals surface area contributed by atoms with Crippen molar-refractivity contribution < 1.29 is 0 Å². The molecule has 19 heavy (non-hydrogen) atoms. The average molecular weight is 257 g/mol. The summed E-state index contributed by atoms with van der Waals surface area (Å²) in [5.41, 5.74) is 6.57. The highest BCUT2D eigenvalue weighted by Gasteiger charge is 2.07. The lowest BCUT2D eigenvalue weighted by Gasteiger charge is -2.14. The Kier molecular flexibility index (Phi) is 5.11. The van der Waals surface area contributed by atoms with Crippen molar-refractivity contribution in [1.82, 2.24) is 0 Å². The maximum Gasteiger partial charge on any atom is 0.0348 e. The van der Waals surface area contributed by atoms with Crippen LogP contribution in [0.5, 0.6) is 0 Å². The van der Waals surface area contributed by atoms with Crippen LogP contribution in [0.4, 0.5) is 0 Å². The molecule has 1 aromatic carbocycles. The van der Waals surface area contributed by atoms with Gasteiger partial charge in [0.25, 0.3) is 0 Å². The molecule has 0 atom stereocenters. The summed E-state index contributed by atoms with van der Waals surface area (Å²) in [4.78, 5) is 4.58. The van der Waals surface area contributed by atoms with Gasteiger partial charge >= 0.3 is 0 Å². The molecule has 0 spiro atoms. The maximum absolute atomic E-state index is 4.58. The summed E-state index contributed by atoms with van der Waals surface area (Å²) in [6, 6.07) is 4.42. The largest absolute Gasteiger partial charge is 0.261 e. The molecule has 0 saturated heterocycles. The Balaban J connectivity index is 2.88. The molecule has 0 heterocycles. The van der Waals surface area contributed by atoms with Gasteiger partial charge in [-0.3, -0.25) is 4.99 Å². The van der Waals surface area contributed by atoms with Crippen molar-refractivity contribution in [3.8, 4) is 0 Å². The monoisotopic (exact) mass is 257 g/mol. The van der Waals surface area contributed by atoms with Crippen LogP contribution in [0.2, 0.25) is 0 Å². The first-order chi connectivity index (χ1) is 8.69. The van der Waals surface area contributed by atoms with Gasteiger partial charge in [0.1, 0.15) is 0 Å². The third kappa shape index (κ3) is 5.42. The fraction of sp³-hybridized carbons (Fsp3) is 0.500. The Morgan fingerprint density at radius 2 is 1.63 bits per heavy atom. The lowest BCUT2D eigenvalue weighted by molar-refractivity contribution is 0.419. The molecule has 1 nitrogen and oxygen atoms in total. The second-order valence-corrected chi connectivity index (χ2v) is 6.68. The molecule has 0 saturated carbocycles. The van der Waals surface area contributed by atoms with Crippen LogP contribution in [-0.4, -0.2) is 6.21 Å². The smallest absolute Gasteiger partial charge is 0.0348 e. The van der Waals surface area contributed by atoms with Gasteiger partial charge in [-0.15, -0.1) is 0 Å². The van der Waals surface area contributed by atoms with Gasteiger partial charge in [-0.25, -0.2) is 0 Å². The number of aryl methyl sites for hydroxylation is 3. The van der Waals surface area contributed by atoms with Crippen LogP contribution in [0.1, 0.15) is 56.4 Å². The first-order valence-electron chi connectivity index (χ1n) is 6.98. The standard InChI is InChI=1S/C18H27N/c1-13-10-14(2)17(15(3)11-13)12-19-16(4)8-9-18(5,6)7/h8,10-12H,9H2,1-7H3/b16-8+,19-12?. The second-order valence-electron chi connectivity index (χ2n) is 6.68. The van der Waals surface area contributed by atoms with Crippen LogP contribution in [0.25, 0.3) is 0 Å². The normalized spacial score (nSPS) is 13.3. The molecule has 0 aliphatic rings. The third-order valence-corrected chi connectivity index (χ3v) is 3.15. The predicted molar refractivity (Wildman–Crippen MR) is 86.1 cm³/mol. The molecule has 0 aliphatic carbocycles. The Bertz CT molecular complexity index is 476. The van der Waals surface area contributed by atoms with Crippen molar-refractivity contribution in [1.29, 1.82) is 0 Å². The molecule has 0 unspecified atom stereocenters. The van der Waals surface area contributed by atoms with Crippen molar-refractivity contribution in [2.24, 2.45) is 10.4 Å². The van der Waals surface area contributed by atoms with E-state index in [0.717, 1.165) is 12.1 Å². The van der Waals surface area contributed by atoms with Crippen molar-refractivity contribution in [3.05, 3.63) is 46.2 Å². The summed E-state index contributed by atoms with van der Waals surface area (Å²) in [5, 5.41) is 0. The Morgan fingerprint density at radius 3 is 2.11 bits per heavy atom. The van der Waals surface area contributed by atoms with E-state index in [9.17, 15) is 0 Å². The van der Waals surface area contributed by atoms with Gasteiger partial charge in [-0.1, -0.05) is 44.5 Å². The van der Waals surface area contributed by atoms with Gasteiger partial charge in [0.15, 0.2) is 0 Å². The maximum atomic E-state index is 4.58. The zero-order valence-electron chi connectivity index (χ0n) is 13.5. The fourth-order valence-corrected chi connectivity index (χ4v) is 2.07. The predicted octanol–water partition coefficient (Wildman–Crippen LogP) is 5.37. The number of benzene rings is 1. The Hall–Kier alpha value is -1.37. The van der Waals surface area contributed by atoms with Crippen LogP contribution < -0.4 is 0 Å². The van der Waals surface area contributed by atoms with Crippen LogP contribution in [-0.2, 0) is 0 Å². The third-order valence-electron chi connectivity index (χ3n) is 3.15. The SMILES string of the molecule is C/C(=C\CC(C)(C)C)N=Cc1c(C)cc(C)cc1C. The summed E-state index contributed by atoms with van der Waals surface area (Å²) >= 11 is 0. The van der Waals surface area contributed by atoms with E-state index < -0.39 is 0 Å². The zero-order chi connectivity index (χ0) is 14.6. The first-order valence-corrected chi connectivity index (χ1v) is 6.98. The van der Waals surface area contributed by atoms with Gasteiger partial charge in [0, 0.05) is 11.9 Å². The van der Waals surface area contributed by atoms with E-state index in [-0.39, 0.29) is 0 Å². The molecule has 0 bridgehead atoms. The van der Waals surface area contributed by atoms with Gasteiger partial charge in [0.05, 0.1) is 0 Å². The molecule has 0 aromatic heterocycles. The van der Waals surface area contributed by atoms with Crippen LogP contribution in [0.3, 0.4) is 0 Å². The van der Waals surface area contributed by atoms with Gasteiger partial charge in [-0.05, 0) is 56.2 Å². The van der Waals surface area contributed by atoms with E-state index in [4.69, 9.17) is 0 Å². The highest BCUT2D eigenvalue weighted by atomic mass is 14.7. The van der Waals surface area contributed by atoms with Crippen LogP contribution in [0, 0.1) is 26.2 Å². The highest BCUT2D eigenvalue weighted by Crippen LogP contribution is 2.20. The number of aliphatic imine (C=N–C) groups is 1. The van der Waals surface area contributed by atoms with E-state index >= 15 is 0 Å². The van der Waals surface area contributed by atoms with Crippen LogP contribution in [0.15, 0.2) is 28.9 Å². The molecular formula is C18H27N. The second kappa shape index (κ2) is 6.18. The van der Waals surface area contributed by atoms with E-state index in [1.807, 2.05) is 6.21 Å². The number of nitrogens with zero attached hydrogens (tertiary/aromatic N) is 1. The van der Waals surface area contributed by atoms with Crippen molar-refractivity contribution in [2.75, 3.05) is 0 Å². The summed E-state index contributed by atoms with van der Waals surface area (Å²) < 4.78 is 0. The quantitative estimate of drug-likeness (QED) is 0.645. The van der Waals surface area contributed by atoms with Gasteiger partial charge < -0.3 is 0 Å². The van der Waals surface area contributed by atoms with E-state index in [2.05, 4.69) is 71.7 Å². The summed E-state index contributed by atoms with van der Waals surface area (Å²) in [5.74, 6) is 0. The average Bonchev–Trinajstić information content (AvgIpc) is 2.23. The van der Waals surface area contributed by atoms with Gasteiger partial charge in [0.2, 0.25) is 0 Å². The van der Waals surface area contributed by atoms with E-state index in [0.29, 0.717) is 5.41 Å².